The molecule has 0 spiro atoms. The average Bonchev–Trinajstić information content (AvgIpc) is 1.91. The van der Waals surface area contributed by atoms with Crippen LogP contribution in [-0.4, -0.2) is 0 Å². The van der Waals surface area contributed by atoms with Crippen LogP contribution >= 0.6 is 0 Å². The zero-order chi connectivity index (χ0) is 7.98. The van der Waals surface area contributed by atoms with Gasteiger partial charge in [-0.25, -0.2) is 0 Å². The molecular formula is C10H22. The molecule has 0 saturated heterocycles. The summed E-state index contributed by atoms with van der Waals surface area (Å²) in [6.45, 7) is 9.28. The van der Waals surface area contributed by atoms with Crippen LogP contribution in [-0.2, 0) is 0 Å². The standard InChI is InChI=1S/C10H22/c1-5-8-9(4)10(6-2)7-3/h9-10H,5-8H2,1-4H3. The topological polar surface area (TPSA) is 0 Å². The van der Waals surface area contributed by atoms with Gasteiger partial charge in [-0.2, -0.15) is 0 Å². The Morgan fingerprint density at radius 1 is 1.00 bits per heavy atom. The maximum absolute atomic E-state index is 2.39. The zero-order valence-electron chi connectivity index (χ0n) is 7.98. The third kappa shape index (κ3) is 3.24. The lowest BCUT2D eigenvalue weighted by atomic mass is 9.86. The van der Waals surface area contributed by atoms with Crippen molar-refractivity contribution in [1.29, 1.82) is 0 Å². The van der Waals surface area contributed by atoms with Gasteiger partial charge in [0.05, 0.1) is 0 Å². The van der Waals surface area contributed by atoms with Crippen molar-refractivity contribution < 1.29 is 0 Å². The van der Waals surface area contributed by atoms with Gasteiger partial charge in [0.15, 0.2) is 0 Å². The number of hydrogen-bond acceptors (Lipinski definition) is 0. The largest absolute Gasteiger partial charge is 0.0654 e. The van der Waals surface area contributed by atoms with Crippen molar-refractivity contribution in [1.82, 2.24) is 0 Å². The summed E-state index contributed by atoms with van der Waals surface area (Å²) in [6, 6.07) is 0. The van der Waals surface area contributed by atoms with Crippen molar-refractivity contribution in [3.63, 3.8) is 0 Å². The first-order valence-corrected chi connectivity index (χ1v) is 4.76. The van der Waals surface area contributed by atoms with E-state index in [0.29, 0.717) is 0 Å². The zero-order valence-corrected chi connectivity index (χ0v) is 7.98. The van der Waals surface area contributed by atoms with Gasteiger partial charge in [-0.15, -0.1) is 0 Å². The smallest absolute Gasteiger partial charge is 0.0394 e. The minimum absolute atomic E-state index is 0.944. The minimum atomic E-state index is 0.944. The van der Waals surface area contributed by atoms with Crippen LogP contribution < -0.4 is 0 Å². The first-order chi connectivity index (χ1) is 4.76. The lowest BCUT2D eigenvalue weighted by Crippen LogP contribution is -2.08. The summed E-state index contributed by atoms with van der Waals surface area (Å²) in [5.74, 6) is 1.92. The Hall–Kier alpha value is 0. The van der Waals surface area contributed by atoms with E-state index in [1.165, 1.54) is 25.7 Å². The monoisotopic (exact) mass is 142 g/mol. The summed E-state index contributed by atoms with van der Waals surface area (Å²) in [7, 11) is 0. The lowest BCUT2D eigenvalue weighted by Gasteiger charge is -2.19. The van der Waals surface area contributed by atoms with Crippen LogP contribution in [0.15, 0.2) is 0 Å². The van der Waals surface area contributed by atoms with E-state index in [1.807, 2.05) is 0 Å². The molecule has 1 atom stereocenters. The molecule has 0 aromatic heterocycles. The molecule has 62 valence electrons. The van der Waals surface area contributed by atoms with E-state index in [9.17, 15) is 0 Å². The summed E-state index contributed by atoms with van der Waals surface area (Å²) in [6.07, 6.45) is 5.47. The van der Waals surface area contributed by atoms with Gasteiger partial charge in [0.2, 0.25) is 0 Å². The van der Waals surface area contributed by atoms with Crippen LogP contribution in [0.25, 0.3) is 0 Å². The highest BCUT2D eigenvalue weighted by Gasteiger charge is 2.11. The van der Waals surface area contributed by atoms with E-state index in [0.717, 1.165) is 11.8 Å². The summed E-state index contributed by atoms with van der Waals surface area (Å²) in [5.41, 5.74) is 0. The van der Waals surface area contributed by atoms with Crippen LogP contribution in [0.2, 0.25) is 0 Å². The van der Waals surface area contributed by atoms with Gasteiger partial charge < -0.3 is 0 Å². The Morgan fingerprint density at radius 2 is 1.50 bits per heavy atom. The van der Waals surface area contributed by atoms with Gasteiger partial charge in [0.25, 0.3) is 0 Å². The van der Waals surface area contributed by atoms with Gasteiger partial charge in [-0.1, -0.05) is 53.4 Å². The van der Waals surface area contributed by atoms with Gasteiger partial charge >= 0.3 is 0 Å². The molecular weight excluding hydrogens is 120 g/mol. The van der Waals surface area contributed by atoms with Crippen LogP contribution in [0.4, 0.5) is 0 Å². The summed E-state index contributed by atoms with van der Waals surface area (Å²) in [5, 5.41) is 0. The van der Waals surface area contributed by atoms with Gasteiger partial charge in [0.1, 0.15) is 0 Å². The molecule has 0 aromatic carbocycles. The quantitative estimate of drug-likeness (QED) is 0.547. The van der Waals surface area contributed by atoms with Crippen molar-refractivity contribution in [2.24, 2.45) is 11.8 Å². The predicted molar refractivity (Wildman–Crippen MR) is 48.1 cm³/mol. The van der Waals surface area contributed by atoms with Gasteiger partial charge in [-0.05, 0) is 11.8 Å². The van der Waals surface area contributed by atoms with Crippen LogP contribution in [0.5, 0.6) is 0 Å². The Labute approximate surface area is 66.0 Å². The third-order valence-electron chi connectivity index (χ3n) is 2.60. The van der Waals surface area contributed by atoms with E-state index in [2.05, 4.69) is 27.7 Å². The second kappa shape index (κ2) is 5.76. The maximum atomic E-state index is 2.39. The molecule has 0 aliphatic rings. The molecule has 0 aliphatic carbocycles. The fourth-order valence-corrected chi connectivity index (χ4v) is 1.78. The molecule has 0 aromatic rings. The van der Waals surface area contributed by atoms with Crippen molar-refractivity contribution in [2.75, 3.05) is 0 Å². The first-order valence-electron chi connectivity index (χ1n) is 4.76. The van der Waals surface area contributed by atoms with E-state index < -0.39 is 0 Å². The van der Waals surface area contributed by atoms with Gasteiger partial charge in [-0.3, -0.25) is 0 Å². The molecule has 0 radical (unpaired) electrons. The van der Waals surface area contributed by atoms with Gasteiger partial charge in [0, 0.05) is 0 Å². The Bertz CT molecular complexity index is 62.4. The van der Waals surface area contributed by atoms with E-state index in [-0.39, 0.29) is 0 Å². The molecule has 10 heavy (non-hydrogen) atoms. The molecule has 0 amide bonds. The Balaban J connectivity index is 3.53. The summed E-state index contributed by atoms with van der Waals surface area (Å²) in [4.78, 5) is 0. The second-order valence-corrected chi connectivity index (χ2v) is 3.34. The molecule has 0 N–H and O–H groups in total. The highest BCUT2D eigenvalue weighted by atomic mass is 14.2. The SMILES string of the molecule is CCCC(C)C(CC)CC. The van der Waals surface area contributed by atoms with Crippen LogP contribution in [0.3, 0.4) is 0 Å². The first kappa shape index (κ1) is 10.0. The Kier molecular flexibility index (Phi) is 5.76. The minimum Gasteiger partial charge on any atom is -0.0654 e. The number of hydrogen-bond donors (Lipinski definition) is 0. The predicted octanol–water partition coefficient (Wildman–Crippen LogP) is 3.86. The van der Waals surface area contributed by atoms with Crippen LogP contribution in [0.1, 0.15) is 53.4 Å². The van der Waals surface area contributed by atoms with Crippen molar-refractivity contribution >= 4 is 0 Å². The summed E-state index contributed by atoms with van der Waals surface area (Å²) < 4.78 is 0. The maximum Gasteiger partial charge on any atom is -0.0394 e. The molecule has 0 fully saturated rings. The molecule has 0 heterocycles. The van der Waals surface area contributed by atoms with Crippen molar-refractivity contribution in [3.8, 4) is 0 Å². The Morgan fingerprint density at radius 3 is 1.80 bits per heavy atom. The molecule has 0 rings (SSSR count). The number of rotatable bonds is 5. The molecule has 0 aliphatic heterocycles. The van der Waals surface area contributed by atoms with E-state index >= 15 is 0 Å². The molecule has 0 bridgehead atoms. The third-order valence-corrected chi connectivity index (χ3v) is 2.60. The summed E-state index contributed by atoms with van der Waals surface area (Å²) >= 11 is 0. The van der Waals surface area contributed by atoms with Crippen molar-refractivity contribution in [3.05, 3.63) is 0 Å². The normalized spacial score (nSPS) is 14.1. The highest BCUT2D eigenvalue weighted by Crippen LogP contribution is 2.22. The van der Waals surface area contributed by atoms with E-state index in [4.69, 9.17) is 0 Å². The van der Waals surface area contributed by atoms with Crippen LogP contribution in [0, 0.1) is 11.8 Å². The molecule has 0 saturated carbocycles. The molecule has 0 heteroatoms. The fourth-order valence-electron chi connectivity index (χ4n) is 1.78. The highest BCUT2D eigenvalue weighted by molar-refractivity contribution is 4.62. The van der Waals surface area contributed by atoms with Crippen molar-refractivity contribution in [2.45, 2.75) is 53.4 Å². The second-order valence-electron chi connectivity index (χ2n) is 3.34. The molecule has 0 nitrogen and oxygen atoms in total. The average molecular weight is 142 g/mol. The molecule has 1 unspecified atom stereocenters. The fraction of sp³-hybridized carbons (Fsp3) is 1.00. The lowest BCUT2D eigenvalue weighted by molar-refractivity contribution is 0.316. The van der Waals surface area contributed by atoms with E-state index in [1.54, 1.807) is 0 Å².